The van der Waals surface area contributed by atoms with E-state index in [-0.39, 0.29) is 18.4 Å². The van der Waals surface area contributed by atoms with Crippen molar-refractivity contribution in [3.8, 4) is 12.3 Å². The Hall–Kier alpha value is -1.50. The van der Waals surface area contributed by atoms with Gasteiger partial charge in [0.1, 0.15) is 12.1 Å². The highest BCUT2D eigenvalue weighted by molar-refractivity contribution is 5.98. The molecule has 0 spiro atoms. The molecule has 0 saturated carbocycles. The van der Waals surface area contributed by atoms with Crippen LogP contribution in [0.1, 0.15) is 40.5 Å². The first-order chi connectivity index (χ1) is 7.83. The van der Waals surface area contributed by atoms with Crippen LogP contribution >= 0.6 is 0 Å². The molecule has 1 saturated heterocycles. The van der Waals surface area contributed by atoms with E-state index in [0.717, 1.165) is 0 Å². The molecule has 1 heterocycles. The van der Waals surface area contributed by atoms with Crippen LogP contribution in [0.2, 0.25) is 0 Å². The van der Waals surface area contributed by atoms with E-state index in [0.29, 0.717) is 12.8 Å². The highest BCUT2D eigenvalue weighted by Crippen LogP contribution is 2.26. The van der Waals surface area contributed by atoms with E-state index in [4.69, 9.17) is 6.42 Å². The summed E-state index contributed by atoms with van der Waals surface area (Å²) in [5, 5.41) is 2.81. The van der Waals surface area contributed by atoms with Gasteiger partial charge in [-0.05, 0) is 26.7 Å². The molecule has 4 heteroatoms. The zero-order valence-electron chi connectivity index (χ0n) is 11.0. The summed E-state index contributed by atoms with van der Waals surface area (Å²) in [6, 6.07) is 0. The second kappa shape index (κ2) is 4.40. The molecule has 0 unspecified atom stereocenters. The molecule has 2 amide bonds. The van der Waals surface area contributed by atoms with E-state index in [1.165, 1.54) is 4.90 Å². The molecule has 0 bridgehead atoms. The number of nitrogens with one attached hydrogen (secondary N) is 1. The first-order valence-corrected chi connectivity index (χ1v) is 5.94. The third-order valence-electron chi connectivity index (χ3n) is 3.57. The van der Waals surface area contributed by atoms with Crippen LogP contribution in [0.15, 0.2) is 0 Å². The Morgan fingerprint density at radius 1 is 1.41 bits per heavy atom. The summed E-state index contributed by atoms with van der Waals surface area (Å²) in [6.45, 7) is 7.39. The summed E-state index contributed by atoms with van der Waals surface area (Å²) in [5.41, 5.74) is -1.52. The fraction of sp³-hybridized carbons (Fsp3) is 0.692. The minimum atomic E-state index is -0.788. The van der Waals surface area contributed by atoms with Crippen molar-refractivity contribution < 1.29 is 9.59 Å². The number of piperazine rings is 1. The Kier molecular flexibility index (Phi) is 3.51. The van der Waals surface area contributed by atoms with E-state index in [2.05, 4.69) is 11.2 Å². The lowest BCUT2D eigenvalue weighted by atomic mass is 9.86. The fourth-order valence-corrected chi connectivity index (χ4v) is 2.09. The van der Waals surface area contributed by atoms with Crippen molar-refractivity contribution in [2.75, 3.05) is 6.54 Å². The average molecular weight is 236 g/mol. The van der Waals surface area contributed by atoms with Gasteiger partial charge in [0.05, 0.1) is 5.54 Å². The molecule has 0 aromatic carbocycles. The molecule has 0 aromatic rings. The number of terminal acetylenes is 1. The predicted octanol–water partition coefficient (Wildman–Crippen LogP) is 0.915. The number of nitrogens with zero attached hydrogens (tertiary/aromatic N) is 1. The molecule has 0 radical (unpaired) electrons. The van der Waals surface area contributed by atoms with E-state index in [1.807, 2.05) is 13.8 Å². The van der Waals surface area contributed by atoms with Gasteiger partial charge in [-0.25, -0.2) is 0 Å². The third-order valence-corrected chi connectivity index (χ3v) is 3.57. The minimum Gasteiger partial charge on any atom is -0.340 e. The average Bonchev–Trinajstić information content (AvgIpc) is 2.31. The van der Waals surface area contributed by atoms with Gasteiger partial charge in [-0.15, -0.1) is 6.42 Å². The fourth-order valence-electron chi connectivity index (χ4n) is 2.09. The van der Waals surface area contributed by atoms with Crippen molar-refractivity contribution in [3.63, 3.8) is 0 Å². The lowest BCUT2D eigenvalue weighted by Gasteiger charge is -2.46. The summed E-state index contributed by atoms with van der Waals surface area (Å²) in [5.74, 6) is 2.35. The molecule has 1 aliphatic heterocycles. The summed E-state index contributed by atoms with van der Waals surface area (Å²) in [7, 11) is 0. The van der Waals surface area contributed by atoms with Crippen molar-refractivity contribution in [3.05, 3.63) is 0 Å². The van der Waals surface area contributed by atoms with Crippen molar-refractivity contribution in [1.82, 2.24) is 10.2 Å². The summed E-state index contributed by atoms with van der Waals surface area (Å²) in [6.07, 6.45) is 6.59. The number of carbonyl (C=O) groups is 2. The maximum Gasteiger partial charge on any atom is 0.249 e. The minimum absolute atomic E-state index is 0.0395. The molecule has 17 heavy (non-hydrogen) atoms. The normalized spacial score (nSPS) is 19.8. The zero-order chi connectivity index (χ0) is 13.3. The number of hydrogen-bond acceptors (Lipinski definition) is 2. The first-order valence-electron chi connectivity index (χ1n) is 5.94. The lowest BCUT2D eigenvalue weighted by Crippen LogP contribution is -2.69. The molecule has 0 aliphatic carbocycles. The van der Waals surface area contributed by atoms with Crippen LogP contribution in [0.5, 0.6) is 0 Å². The lowest BCUT2D eigenvalue weighted by molar-refractivity contribution is -0.154. The summed E-state index contributed by atoms with van der Waals surface area (Å²) < 4.78 is 0. The topological polar surface area (TPSA) is 49.4 Å². The molecular weight excluding hydrogens is 216 g/mol. The summed E-state index contributed by atoms with van der Waals surface area (Å²) >= 11 is 0. The highest BCUT2D eigenvalue weighted by Gasteiger charge is 2.47. The quantitative estimate of drug-likeness (QED) is 0.741. The Balaban J connectivity index is 3.15. The molecule has 1 fully saturated rings. The van der Waals surface area contributed by atoms with Crippen LogP contribution in [-0.2, 0) is 9.59 Å². The second-order valence-electron chi connectivity index (χ2n) is 4.93. The summed E-state index contributed by atoms with van der Waals surface area (Å²) in [4.78, 5) is 25.7. The van der Waals surface area contributed by atoms with Crippen molar-refractivity contribution in [2.24, 2.45) is 0 Å². The molecule has 1 aliphatic rings. The van der Waals surface area contributed by atoms with Gasteiger partial charge in [0.15, 0.2) is 0 Å². The Morgan fingerprint density at radius 2 is 1.94 bits per heavy atom. The van der Waals surface area contributed by atoms with Crippen LogP contribution in [0.4, 0.5) is 0 Å². The molecule has 4 nitrogen and oxygen atoms in total. The first kappa shape index (κ1) is 13.6. The number of amides is 2. The maximum atomic E-state index is 12.5. The molecular formula is C13H20N2O2. The van der Waals surface area contributed by atoms with Crippen molar-refractivity contribution in [1.29, 1.82) is 0 Å². The Bertz CT molecular complexity index is 375. The smallest absolute Gasteiger partial charge is 0.249 e. The Labute approximate surface area is 103 Å². The molecule has 94 valence electrons. The second-order valence-corrected chi connectivity index (χ2v) is 4.93. The van der Waals surface area contributed by atoms with Crippen LogP contribution in [0, 0.1) is 12.3 Å². The largest absolute Gasteiger partial charge is 0.340 e. The van der Waals surface area contributed by atoms with Crippen molar-refractivity contribution in [2.45, 2.75) is 51.6 Å². The Morgan fingerprint density at radius 3 is 2.35 bits per heavy atom. The van der Waals surface area contributed by atoms with Gasteiger partial charge in [-0.2, -0.15) is 0 Å². The van der Waals surface area contributed by atoms with Crippen LogP contribution < -0.4 is 5.32 Å². The van der Waals surface area contributed by atoms with Gasteiger partial charge in [0.2, 0.25) is 11.8 Å². The third kappa shape index (κ3) is 2.14. The van der Waals surface area contributed by atoms with Gasteiger partial charge >= 0.3 is 0 Å². The SMILES string of the molecule is C#CC(C)(C)N1CC(=O)NC(CC)(CC)C1=O. The number of carbonyl (C=O) groups excluding carboxylic acids is 2. The zero-order valence-corrected chi connectivity index (χ0v) is 11.0. The predicted molar refractivity (Wildman–Crippen MR) is 66.1 cm³/mol. The van der Waals surface area contributed by atoms with E-state index >= 15 is 0 Å². The van der Waals surface area contributed by atoms with Gasteiger partial charge < -0.3 is 10.2 Å². The monoisotopic (exact) mass is 236 g/mol. The molecule has 0 atom stereocenters. The van der Waals surface area contributed by atoms with Crippen LogP contribution in [0.25, 0.3) is 0 Å². The molecule has 0 aromatic heterocycles. The van der Waals surface area contributed by atoms with Crippen LogP contribution in [-0.4, -0.2) is 34.3 Å². The molecule has 1 rings (SSSR count). The maximum absolute atomic E-state index is 12.5. The van der Waals surface area contributed by atoms with E-state index in [1.54, 1.807) is 13.8 Å². The van der Waals surface area contributed by atoms with Gasteiger partial charge in [0.25, 0.3) is 0 Å². The standard InChI is InChI=1S/C13H20N2O2/c1-6-12(4,5)15-9-10(16)14-13(7-2,8-3)11(15)17/h1H,7-9H2,2-5H3,(H,14,16). The van der Waals surface area contributed by atoms with Crippen LogP contribution in [0.3, 0.4) is 0 Å². The van der Waals surface area contributed by atoms with E-state index < -0.39 is 11.1 Å². The van der Waals surface area contributed by atoms with E-state index in [9.17, 15) is 9.59 Å². The van der Waals surface area contributed by atoms with Crippen molar-refractivity contribution >= 4 is 11.8 Å². The van der Waals surface area contributed by atoms with Gasteiger partial charge in [-0.1, -0.05) is 19.8 Å². The number of hydrogen-bond donors (Lipinski definition) is 1. The number of rotatable bonds is 3. The molecule has 1 N–H and O–H groups in total. The van der Waals surface area contributed by atoms with Gasteiger partial charge in [-0.3, -0.25) is 9.59 Å². The van der Waals surface area contributed by atoms with Gasteiger partial charge in [0, 0.05) is 0 Å². The highest BCUT2D eigenvalue weighted by atomic mass is 16.2.